The van der Waals surface area contributed by atoms with Gasteiger partial charge in [0.15, 0.2) is 17.8 Å². The van der Waals surface area contributed by atoms with Gasteiger partial charge in [-0.25, -0.2) is 9.37 Å². The summed E-state index contributed by atoms with van der Waals surface area (Å²) in [6.45, 7) is 0. The van der Waals surface area contributed by atoms with Crippen molar-refractivity contribution in [2.75, 3.05) is 5.32 Å². The molecule has 0 radical (unpaired) electrons. The van der Waals surface area contributed by atoms with Gasteiger partial charge in [-0.1, -0.05) is 11.6 Å². The molecule has 1 heterocycles. The Kier molecular flexibility index (Phi) is 4.69. The molecular formula is C17H9ClF4N2O2. The van der Waals surface area contributed by atoms with E-state index in [0.29, 0.717) is 5.56 Å². The van der Waals surface area contributed by atoms with E-state index in [2.05, 4.69) is 10.3 Å². The molecule has 0 saturated heterocycles. The molecule has 1 N–H and O–H groups in total. The molecule has 0 bridgehead atoms. The monoisotopic (exact) mass is 384 g/mol. The molecule has 2 aromatic carbocycles. The van der Waals surface area contributed by atoms with Crippen molar-refractivity contribution in [1.82, 2.24) is 4.98 Å². The number of nitrogens with zero attached hydrogens (tertiary/aromatic N) is 1. The van der Waals surface area contributed by atoms with Gasteiger partial charge in [-0.2, -0.15) is 13.2 Å². The highest BCUT2D eigenvalue weighted by atomic mass is 35.5. The number of anilines is 1. The molecule has 0 spiro atoms. The quantitative estimate of drug-likeness (QED) is 0.615. The second-order valence-electron chi connectivity index (χ2n) is 5.18. The molecule has 0 atom stereocenters. The summed E-state index contributed by atoms with van der Waals surface area (Å²) in [5, 5.41) is 2.21. The van der Waals surface area contributed by atoms with Crippen LogP contribution in [0.3, 0.4) is 0 Å². The van der Waals surface area contributed by atoms with Crippen LogP contribution in [0.5, 0.6) is 0 Å². The van der Waals surface area contributed by atoms with Crippen molar-refractivity contribution < 1.29 is 26.8 Å². The molecule has 0 aliphatic rings. The lowest BCUT2D eigenvalue weighted by Gasteiger charge is -2.11. The van der Waals surface area contributed by atoms with Crippen molar-refractivity contribution in [3.8, 4) is 11.3 Å². The summed E-state index contributed by atoms with van der Waals surface area (Å²) in [6.07, 6.45) is -3.58. The molecule has 0 unspecified atom stereocenters. The Morgan fingerprint density at radius 1 is 1.12 bits per heavy atom. The van der Waals surface area contributed by atoms with Crippen LogP contribution in [0.15, 0.2) is 53.3 Å². The lowest BCUT2D eigenvalue weighted by Crippen LogP contribution is -2.15. The Morgan fingerprint density at radius 3 is 2.46 bits per heavy atom. The highest BCUT2D eigenvalue weighted by Gasteiger charge is 2.31. The van der Waals surface area contributed by atoms with Crippen LogP contribution in [0, 0.1) is 5.82 Å². The zero-order valence-corrected chi connectivity index (χ0v) is 13.5. The van der Waals surface area contributed by atoms with Crippen molar-refractivity contribution >= 4 is 23.2 Å². The fourth-order valence-corrected chi connectivity index (χ4v) is 2.36. The van der Waals surface area contributed by atoms with Crippen LogP contribution in [0.2, 0.25) is 5.02 Å². The predicted octanol–water partition coefficient (Wildman–Crippen LogP) is 5.41. The molecule has 26 heavy (non-hydrogen) atoms. The summed E-state index contributed by atoms with van der Waals surface area (Å²) in [4.78, 5) is 16.2. The van der Waals surface area contributed by atoms with Gasteiger partial charge in [0.1, 0.15) is 5.82 Å². The van der Waals surface area contributed by atoms with Gasteiger partial charge in [0.2, 0.25) is 0 Å². The zero-order valence-electron chi connectivity index (χ0n) is 12.8. The van der Waals surface area contributed by atoms with E-state index < -0.39 is 23.5 Å². The first-order valence-corrected chi connectivity index (χ1v) is 7.51. The van der Waals surface area contributed by atoms with Crippen molar-refractivity contribution in [2.45, 2.75) is 6.18 Å². The second kappa shape index (κ2) is 6.80. The van der Waals surface area contributed by atoms with Gasteiger partial charge in [-0.05, 0) is 42.5 Å². The molecule has 134 valence electrons. The number of hydrogen-bond acceptors (Lipinski definition) is 3. The highest BCUT2D eigenvalue weighted by Crippen LogP contribution is 2.34. The van der Waals surface area contributed by atoms with E-state index in [1.54, 1.807) is 0 Å². The van der Waals surface area contributed by atoms with Gasteiger partial charge in [-0.3, -0.25) is 4.79 Å². The predicted molar refractivity (Wildman–Crippen MR) is 86.3 cm³/mol. The van der Waals surface area contributed by atoms with Crippen LogP contribution >= 0.6 is 11.6 Å². The minimum atomic E-state index is -4.59. The van der Waals surface area contributed by atoms with Crippen LogP contribution in [0.25, 0.3) is 11.3 Å². The third kappa shape index (κ3) is 3.70. The average molecular weight is 385 g/mol. The zero-order chi connectivity index (χ0) is 18.9. The highest BCUT2D eigenvalue weighted by molar-refractivity contribution is 6.34. The van der Waals surface area contributed by atoms with E-state index >= 15 is 0 Å². The van der Waals surface area contributed by atoms with Gasteiger partial charge in [0.25, 0.3) is 5.91 Å². The van der Waals surface area contributed by atoms with E-state index in [4.69, 9.17) is 16.0 Å². The van der Waals surface area contributed by atoms with Gasteiger partial charge in [0, 0.05) is 5.56 Å². The lowest BCUT2D eigenvalue weighted by molar-refractivity contribution is -0.137. The fourth-order valence-electron chi connectivity index (χ4n) is 2.19. The molecule has 0 aliphatic heterocycles. The van der Waals surface area contributed by atoms with Crippen molar-refractivity contribution in [3.63, 3.8) is 0 Å². The van der Waals surface area contributed by atoms with E-state index in [1.807, 2.05) is 0 Å². The molecule has 1 amide bonds. The van der Waals surface area contributed by atoms with Gasteiger partial charge < -0.3 is 9.73 Å². The average Bonchev–Trinajstić information content (AvgIpc) is 3.06. The maximum atomic E-state index is 13.0. The smallest absolute Gasteiger partial charge is 0.416 e. The maximum Gasteiger partial charge on any atom is 0.416 e. The van der Waals surface area contributed by atoms with E-state index in [-0.39, 0.29) is 22.2 Å². The molecule has 9 heteroatoms. The minimum Gasteiger partial charge on any atom is -0.443 e. The Morgan fingerprint density at radius 2 is 1.81 bits per heavy atom. The van der Waals surface area contributed by atoms with Crippen LogP contribution in [-0.2, 0) is 6.18 Å². The first-order valence-electron chi connectivity index (χ1n) is 7.13. The van der Waals surface area contributed by atoms with Crippen molar-refractivity contribution in [3.05, 3.63) is 71.0 Å². The lowest BCUT2D eigenvalue weighted by atomic mass is 10.1. The Bertz CT molecular complexity index is 952. The topological polar surface area (TPSA) is 55.1 Å². The number of halogens is 5. The number of nitrogens with one attached hydrogen (secondary N) is 1. The summed E-state index contributed by atoms with van der Waals surface area (Å²) >= 11 is 5.86. The maximum absolute atomic E-state index is 13.0. The van der Waals surface area contributed by atoms with E-state index in [9.17, 15) is 22.4 Å². The first kappa shape index (κ1) is 17.9. The van der Waals surface area contributed by atoms with Crippen LogP contribution in [0.4, 0.5) is 23.2 Å². The molecule has 0 aliphatic carbocycles. The standard InChI is InChI=1S/C17H9ClF4N2O2/c18-12-6-3-10(17(20,21)22)7-13(12)24-16(25)14-15(26-8-23-14)9-1-4-11(19)5-2-9/h1-8H,(H,24,25). The van der Waals surface area contributed by atoms with Gasteiger partial charge in [-0.15, -0.1) is 0 Å². The summed E-state index contributed by atoms with van der Waals surface area (Å²) in [6, 6.07) is 7.65. The Hall–Kier alpha value is -2.87. The minimum absolute atomic E-state index is 0.0469. The number of amides is 1. The summed E-state index contributed by atoms with van der Waals surface area (Å²) in [5.41, 5.74) is -0.982. The van der Waals surface area contributed by atoms with Crippen LogP contribution in [-0.4, -0.2) is 10.9 Å². The molecule has 0 fully saturated rings. The number of rotatable bonds is 3. The number of aromatic nitrogens is 1. The fraction of sp³-hybridized carbons (Fsp3) is 0.0588. The number of hydrogen-bond donors (Lipinski definition) is 1. The third-order valence-corrected chi connectivity index (χ3v) is 3.76. The van der Waals surface area contributed by atoms with Crippen molar-refractivity contribution in [2.24, 2.45) is 0 Å². The number of alkyl halides is 3. The molecule has 1 aromatic heterocycles. The largest absolute Gasteiger partial charge is 0.443 e. The summed E-state index contributed by atoms with van der Waals surface area (Å²) < 4.78 is 56.6. The molecule has 3 rings (SSSR count). The molecule has 3 aromatic rings. The second-order valence-corrected chi connectivity index (χ2v) is 5.59. The van der Waals surface area contributed by atoms with Crippen LogP contribution in [0.1, 0.15) is 16.1 Å². The summed E-state index contributed by atoms with van der Waals surface area (Å²) in [7, 11) is 0. The molecule has 0 saturated carbocycles. The first-order chi connectivity index (χ1) is 12.3. The number of carbonyl (C=O) groups is 1. The number of oxazole rings is 1. The molecular weight excluding hydrogens is 376 g/mol. The van der Waals surface area contributed by atoms with Crippen molar-refractivity contribution in [1.29, 1.82) is 0 Å². The SMILES string of the molecule is O=C(Nc1cc(C(F)(F)F)ccc1Cl)c1ncoc1-c1ccc(F)cc1. The molecule has 4 nitrogen and oxygen atoms in total. The van der Waals surface area contributed by atoms with Gasteiger partial charge in [0.05, 0.1) is 16.3 Å². The van der Waals surface area contributed by atoms with Crippen LogP contribution < -0.4 is 5.32 Å². The third-order valence-electron chi connectivity index (χ3n) is 3.43. The Labute approximate surface area is 149 Å². The van der Waals surface area contributed by atoms with E-state index in [0.717, 1.165) is 24.6 Å². The van der Waals surface area contributed by atoms with E-state index in [1.165, 1.54) is 24.3 Å². The summed E-state index contributed by atoms with van der Waals surface area (Å²) in [5.74, 6) is -1.25. The number of benzene rings is 2. The van der Waals surface area contributed by atoms with Gasteiger partial charge >= 0.3 is 6.18 Å². The number of carbonyl (C=O) groups excluding carboxylic acids is 1. The normalized spacial score (nSPS) is 11.4. The Balaban J connectivity index is 1.91.